The maximum Gasteiger partial charge on any atom is 0.253 e. The van der Waals surface area contributed by atoms with E-state index >= 15 is 0 Å². The summed E-state index contributed by atoms with van der Waals surface area (Å²) < 4.78 is 0.964. The van der Waals surface area contributed by atoms with Gasteiger partial charge in [-0.15, -0.1) is 22.9 Å². The van der Waals surface area contributed by atoms with Crippen LogP contribution in [0.2, 0.25) is 8.67 Å². The fraction of sp³-hybridized carbons (Fsp3) is 0.615. The molecule has 0 aromatic carbocycles. The van der Waals surface area contributed by atoms with Gasteiger partial charge in [-0.2, -0.15) is 0 Å². The highest BCUT2D eigenvalue weighted by Gasteiger charge is 2.31. The number of hydrogen-bond donors (Lipinski definition) is 1. The largest absolute Gasteiger partial charge is 0.351 e. The fourth-order valence-corrected chi connectivity index (χ4v) is 4.34. The Morgan fingerprint density at radius 2 is 2.00 bits per heavy atom. The molecule has 1 saturated carbocycles. The van der Waals surface area contributed by atoms with Crippen molar-refractivity contribution < 1.29 is 4.79 Å². The third-order valence-electron chi connectivity index (χ3n) is 3.72. The van der Waals surface area contributed by atoms with Crippen LogP contribution in [0.1, 0.15) is 42.5 Å². The quantitative estimate of drug-likeness (QED) is 0.770. The number of alkyl halides is 1. The van der Waals surface area contributed by atoms with Crippen LogP contribution in [-0.2, 0) is 0 Å². The topological polar surface area (TPSA) is 29.1 Å². The maximum atomic E-state index is 12.1. The highest BCUT2D eigenvalue weighted by atomic mass is 35.5. The third-order valence-corrected chi connectivity index (χ3v) is 5.78. The molecular weight excluding hydrogens is 325 g/mol. The Balaban J connectivity index is 1.97. The highest BCUT2D eigenvalue weighted by Crippen LogP contribution is 2.37. The van der Waals surface area contributed by atoms with Crippen molar-refractivity contribution in [3.63, 3.8) is 0 Å². The van der Waals surface area contributed by atoms with E-state index in [1.54, 1.807) is 6.07 Å². The molecule has 0 aliphatic heterocycles. The van der Waals surface area contributed by atoms with Crippen molar-refractivity contribution in [3.05, 3.63) is 20.3 Å². The molecule has 0 spiro atoms. The molecule has 0 unspecified atom stereocenters. The number of amides is 1. The molecule has 0 atom stereocenters. The van der Waals surface area contributed by atoms with Gasteiger partial charge in [-0.3, -0.25) is 4.79 Å². The second-order valence-corrected chi connectivity index (χ2v) is 7.67. The summed E-state index contributed by atoms with van der Waals surface area (Å²) in [5.74, 6) is 0.425. The molecular formula is C13H16Cl3NOS. The van der Waals surface area contributed by atoms with Crippen molar-refractivity contribution >= 4 is 52.0 Å². The van der Waals surface area contributed by atoms with Crippen molar-refractivity contribution in [1.82, 2.24) is 5.32 Å². The lowest BCUT2D eigenvalue weighted by Gasteiger charge is -2.35. The summed E-state index contributed by atoms with van der Waals surface area (Å²) >= 11 is 19.1. The number of nitrogens with one attached hydrogen (secondary N) is 1. The number of rotatable bonds is 4. The molecule has 106 valence electrons. The van der Waals surface area contributed by atoms with Gasteiger partial charge < -0.3 is 5.32 Å². The molecule has 2 rings (SSSR count). The van der Waals surface area contributed by atoms with E-state index in [1.807, 2.05) is 0 Å². The van der Waals surface area contributed by atoms with Crippen molar-refractivity contribution in [2.75, 3.05) is 12.4 Å². The van der Waals surface area contributed by atoms with E-state index in [-0.39, 0.29) is 11.3 Å². The Hall–Kier alpha value is 0.0400. The molecule has 1 amide bonds. The summed E-state index contributed by atoms with van der Waals surface area (Å²) in [6.45, 7) is 0.610. The summed E-state index contributed by atoms with van der Waals surface area (Å²) in [5.41, 5.74) is 0.499. The number of hydrogen-bond acceptors (Lipinski definition) is 2. The van der Waals surface area contributed by atoms with Gasteiger partial charge in [0.25, 0.3) is 5.91 Å². The molecule has 1 heterocycles. The first-order valence-corrected chi connectivity index (χ1v) is 8.46. The Bertz CT molecular complexity index is 455. The minimum atomic E-state index is -0.164. The van der Waals surface area contributed by atoms with Gasteiger partial charge >= 0.3 is 0 Å². The average molecular weight is 341 g/mol. The Morgan fingerprint density at radius 3 is 2.53 bits per heavy atom. The SMILES string of the molecule is O=C(NCC1(CCl)CCCCC1)c1cc(Cl)sc1Cl. The van der Waals surface area contributed by atoms with Gasteiger partial charge in [-0.05, 0) is 18.9 Å². The first-order valence-electron chi connectivity index (χ1n) is 6.35. The Kier molecular flexibility index (Phi) is 5.41. The van der Waals surface area contributed by atoms with Gasteiger partial charge in [0.2, 0.25) is 0 Å². The summed E-state index contributed by atoms with van der Waals surface area (Å²) in [6, 6.07) is 1.61. The normalized spacial score (nSPS) is 18.3. The predicted octanol–water partition coefficient (Wildman–Crippen LogP) is 4.97. The average Bonchev–Trinajstić information content (AvgIpc) is 2.76. The minimum Gasteiger partial charge on any atom is -0.351 e. The lowest BCUT2D eigenvalue weighted by atomic mass is 9.75. The van der Waals surface area contributed by atoms with Gasteiger partial charge in [-0.25, -0.2) is 0 Å². The number of thiophene rings is 1. The van der Waals surface area contributed by atoms with Crippen LogP contribution in [0.5, 0.6) is 0 Å². The summed E-state index contributed by atoms with van der Waals surface area (Å²) in [7, 11) is 0. The molecule has 1 aliphatic rings. The number of carbonyl (C=O) groups is 1. The molecule has 2 nitrogen and oxygen atoms in total. The zero-order valence-corrected chi connectivity index (χ0v) is 13.6. The third kappa shape index (κ3) is 3.78. The second kappa shape index (κ2) is 6.66. The Morgan fingerprint density at radius 1 is 1.32 bits per heavy atom. The first-order chi connectivity index (χ1) is 9.06. The van der Waals surface area contributed by atoms with Gasteiger partial charge in [0, 0.05) is 17.8 Å². The zero-order valence-electron chi connectivity index (χ0n) is 10.5. The molecule has 1 aromatic rings. The molecule has 0 bridgehead atoms. The highest BCUT2D eigenvalue weighted by molar-refractivity contribution is 7.20. The van der Waals surface area contributed by atoms with Gasteiger partial charge in [-0.1, -0.05) is 42.5 Å². The monoisotopic (exact) mass is 339 g/mol. The first kappa shape index (κ1) is 15.4. The predicted molar refractivity (Wildman–Crippen MR) is 82.9 cm³/mol. The molecule has 0 radical (unpaired) electrons. The van der Waals surface area contributed by atoms with Crippen LogP contribution < -0.4 is 5.32 Å². The fourth-order valence-electron chi connectivity index (χ4n) is 2.52. The molecule has 19 heavy (non-hydrogen) atoms. The summed E-state index contributed by atoms with van der Waals surface area (Å²) in [4.78, 5) is 12.1. The van der Waals surface area contributed by atoms with E-state index in [2.05, 4.69) is 5.32 Å². The lowest BCUT2D eigenvalue weighted by Crippen LogP contribution is -2.40. The van der Waals surface area contributed by atoms with Crippen LogP contribution in [0, 0.1) is 5.41 Å². The van der Waals surface area contributed by atoms with E-state index in [0.717, 1.165) is 12.8 Å². The van der Waals surface area contributed by atoms with Crippen molar-refractivity contribution in [2.24, 2.45) is 5.41 Å². The number of carbonyl (C=O) groups excluding carboxylic acids is 1. The van der Waals surface area contributed by atoms with E-state index in [4.69, 9.17) is 34.8 Å². The lowest BCUT2D eigenvalue weighted by molar-refractivity contribution is 0.0921. The van der Waals surface area contributed by atoms with Crippen molar-refractivity contribution in [1.29, 1.82) is 0 Å². The molecule has 1 N–H and O–H groups in total. The second-order valence-electron chi connectivity index (χ2n) is 5.11. The van der Waals surface area contributed by atoms with E-state index in [1.165, 1.54) is 30.6 Å². The van der Waals surface area contributed by atoms with E-state index < -0.39 is 0 Å². The van der Waals surface area contributed by atoms with Gasteiger partial charge in [0.1, 0.15) is 4.34 Å². The number of halogens is 3. The van der Waals surface area contributed by atoms with Crippen LogP contribution >= 0.6 is 46.1 Å². The van der Waals surface area contributed by atoms with Crippen LogP contribution in [0.4, 0.5) is 0 Å². The van der Waals surface area contributed by atoms with E-state index in [0.29, 0.717) is 26.7 Å². The van der Waals surface area contributed by atoms with Gasteiger partial charge in [0.15, 0.2) is 0 Å². The molecule has 0 saturated heterocycles. The van der Waals surface area contributed by atoms with Crippen LogP contribution in [0.25, 0.3) is 0 Å². The van der Waals surface area contributed by atoms with E-state index in [9.17, 15) is 4.79 Å². The van der Waals surface area contributed by atoms with Crippen LogP contribution in [0.15, 0.2) is 6.07 Å². The summed E-state index contributed by atoms with van der Waals surface area (Å²) in [5, 5.41) is 2.95. The standard InChI is InChI=1S/C13H16Cl3NOS/c14-7-13(4-2-1-3-5-13)8-17-12(18)9-6-10(15)19-11(9)16/h6H,1-5,7-8H2,(H,17,18). The smallest absolute Gasteiger partial charge is 0.253 e. The van der Waals surface area contributed by atoms with Crippen LogP contribution in [-0.4, -0.2) is 18.3 Å². The molecule has 1 aromatic heterocycles. The summed E-state index contributed by atoms with van der Waals surface area (Å²) in [6.07, 6.45) is 5.80. The minimum absolute atomic E-state index is 0.0434. The molecule has 1 fully saturated rings. The van der Waals surface area contributed by atoms with Gasteiger partial charge in [0.05, 0.1) is 9.90 Å². The molecule has 1 aliphatic carbocycles. The van der Waals surface area contributed by atoms with Crippen molar-refractivity contribution in [3.8, 4) is 0 Å². The molecule has 6 heteroatoms. The zero-order chi connectivity index (χ0) is 13.9. The maximum absolute atomic E-state index is 12.1. The van der Waals surface area contributed by atoms with Crippen molar-refractivity contribution in [2.45, 2.75) is 32.1 Å². The van der Waals surface area contributed by atoms with Crippen LogP contribution in [0.3, 0.4) is 0 Å². The Labute approximate surface area is 132 Å².